The number of hydrogen-bond acceptors (Lipinski definition) is 4. The van der Waals surface area contributed by atoms with E-state index in [9.17, 15) is 14.3 Å². The van der Waals surface area contributed by atoms with Crippen LogP contribution in [0.25, 0.3) is 10.4 Å². The molecule has 0 heterocycles. The van der Waals surface area contributed by atoms with Crippen LogP contribution in [0.1, 0.15) is 18.0 Å². The number of nitrogens with two attached hydrogens (primary N) is 1. The van der Waals surface area contributed by atoms with Crippen molar-refractivity contribution >= 4 is 5.91 Å². The zero-order chi connectivity index (χ0) is 14.3. The molecule has 19 heavy (non-hydrogen) atoms. The highest BCUT2D eigenvalue weighted by Crippen LogP contribution is 2.24. The van der Waals surface area contributed by atoms with E-state index in [1.165, 1.54) is 0 Å². The molecule has 0 saturated heterocycles. The lowest BCUT2D eigenvalue weighted by molar-refractivity contribution is -0.120. The maximum atomic E-state index is 13.1. The van der Waals surface area contributed by atoms with Gasteiger partial charge in [-0.05, 0) is 36.7 Å². The van der Waals surface area contributed by atoms with E-state index in [4.69, 9.17) is 11.3 Å². The smallest absolute Gasteiger partial charge is 0.239 e. The second-order valence-corrected chi connectivity index (χ2v) is 3.80. The molecule has 1 amide bonds. The number of phenolic OH excluding ortho intramolecular Hbond substituents is 1. The van der Waals surface area contributed by atoms with Crippen molar-refractivity contribution in [3.05, 3.63) is 40.0 Å². The Labute approximate surface area is 108 Å². The minimum Gasteiger partial charge on any atom is -0.508 e. The van der Waals surface area contributed by atoms with Gasteiger partial charge in [0.05, 0.1) is 0 Å². The summed E-state index contributed by atoms with van der Waals surface area (Å²) in [7, 11) is 0. The lowest BCUT2D eigenvalue weighted by Crippen LogP contribution is -2.34. The fourth-order valence-electron chi connectivity index (χ4n) is 1.56. The Morgan fingerprint density at radius 3 is 3.00 bits per heavy atom. The quantitative estimate of drug-likeness (QED) is 0.299. The van der Waals surface area contributed by atoms with Gasteiger partial charge in [-0.2, -0.15) is 0 Å². The summed E-state index contributed by atoms with van der Waals surface area (Å²) in [6.07, 6.45) is 0.490. The fraction of sp³-hybridized carbons (Fsp3) is 0.364. The third-order valence-electron chi connectivity index (χ3n) is 2.43. The van der Waals surface area contributed by atoms with Crippen LogP contribution in [0, 0.1) is 5.82 Å². The zero-order valence-corrected chi connectivity index (χ0v) is 10.1. The third-order valence-corrected chi connectivity index (χ3v) is 2.43. The minimum atomic E-state index is -0.998. The van der Waals surface area contributed by atoms with Crippen molar-refractivity contribution in [2.24, 2.45) is 10.8 Å². The summed E-state index contributed by atoms with van der Waals surface area (Å²) in [6.45, 7) is 0.604. The first-order valence-electron chi connectivity index (χ1n) is 5.58. The van der Waals surface area contributed by atoms with Gasteiger partial charge in [-0.25, -0.2) is 4.39 Å². The lowest BCUT2D eigenvalue weighted by Gasteiger charge is -2.16. The molecule has 1 atom stereocenters. The summed E-state index contributed by atoms with van der Waals surface area (Å²) in [5.74, 6) is -1.52. The highest BCUT2D eigenvalue weighted by atomic mass is 19.1. The van der Waals surface area contributed by atoms with E-state index >= 15 is 0 Å². The number of hydrogen-bond donors (Lipinski definition) is 3. The van der Waals surface area contributed by atoms with Crippen molar-refractivity contribution in [3.8, 4) is 5.75 Å². The SMILES string of the molecule is [N-]=[N+]=NCCCNC(C(N)=O)c1cc(F)ccc1O. The minimum absolute atomic E-state index is 0.0799. The van der Waals surface area contributed by atoms with E-state index in [1.807, 2.05) is 0 Å². The van der Waals surface area contributed by atoms with Gasteiger partial charge in [0.25, 0.3) is 0 Å². The Morgan fingerprint density at radius 1 is 1.63 bits per heavy atom. The molecule has 0 saturated carbocycles. The molecule has 0 spiro atoms. The molecule has 4 N–H and O–H groups in total. The van der Waals surface area contributed by atoms with Gasteiger partial charge in [-0.1, -0.05) is 5.11 Å². The summed E-state index contributed by atoms with van der Waals surface area (Å²) >= 11 is 0. The zero-order valence-electron chi connectivity index (χ0n) is 10.1. The van der Waals surface area contributed by atoms with Crippen LogP contribution in [0.4, 0.5) is 4.39 Å². The lowest BCUT2D eigenvalue weighted by atomic mass is 10.0. The highest BCUT2D eigenvalue weighted by Gasteiger charge is 2.20. The molecule has 1 unspecified atom stereocenters. The molecule has 0 aromatic heterocycles. The van der Waals surface area contributed by atoms with Crippen LogP contribution in [0.15, 0.2) is 23.3 Å². The number of phenols is 1. The van der Waals surface area contributed by atoms with Gasteiger partial charge in [0.1, 0.15) is 17.6 Å². The van der Waals surface area contributed by atoms with E-state index < -0.39 is 17.8 Å². The molecule has 7 nitrogen and oxygen atoms in total. The number of azide groups is 1. The monoisotopic (exact) mass is 267 g/mol. The number of rotatable bonds is 7. The van der Waals surface area contributed by atoms with E-state index in [-0.39, 0.29) is 17.9 Å². The van der Waals surface area contributed by atoms with Crippen LogP contribution >= 0.6 is 0 Å². The molecule has 1 aromatic carbocycles. The van der Waals surface area contributed by atoms with Gasteiger partial charge in [-0.15, -0.1) is 0 Å². The molecule has 1 rings (SSSR count). The van der Waals surface area contributed by atoms with E-state index in [2.05, 4.69) is 15.3 Å². The third kappa shape index (κ3) is 4.46. The Bertz CT molecular complexity index is 502. The molecule has 0 bridgehead atoms. The van der Waals surface area contributed by atoms with Gasteiger partial charge < -0.3 is 16.2 Å². The molecular weight excluding hydrogens is 253 g/mol. The van der Waals surface area contributed by atoms with E-state index in [1.54, 1.807) is 0 Å². The number of carbonyl (C=O) groups is 1. The second kappa shape index (κ2) is 7.20. The molecule has 0 aliphatic carbocycles. The predicted molar refractivity (Wildman–Crippen MR) is 66.6 cm³/mol. The van der Waals surface area contributed by atoms with Crippen LogP contribution in [-0.2, 0) is 4.79 Å². The Morgan fingerprint density at radius 2 is 2.37 bits per heavy atom. The summed E-state index contributed by atoms with van der Waals surface area (Å²) < 4.78 is 13.1. The Balaban J connectivity index is 2.74. The van der Waals surface area contributed by atoms with Gasteiger partial charge in [0.2, 0.25) is 5.91 Å². The first kappa shape index (κ1) is 14.7. The van der Waals surface area contributed by atoms with Crippen molar-refractivity contribution in [2.75, 3.05) is 13.1 Å². The second-order valence-electron chi connectivity index (χ2n) is 3.80. The molecule has 0 aliphatic rings. The van der Waals surface area contributed by atoms with Gasteiger partial charge >= 0.3 is 0 Å². The largest absolute Gasteiger partial charge is 0.508 e. The topological polar surface area (TPSA) is 124 Å². The molecular formula is C11H14FN5O2. The predicted octanol–water partition coefficient (Wildman–Crippen LogP) is 1.35. The van der Waals surface area contributed by atoms with Crippen molar-refractivity contribution in [3.63, 3.8) is 0 Å². The van der Waals surface area contributed by atoms with Gasteiger partial charge in [0.15, 0.2) is 0 Å². The fourth-order valence-corrected chi connectivity index (χ4v) is 1.56. The number of primary amides is 1. The molecule has 0 radical (unpaired) electrons. The standard InChI is InChI=1S/C11H14FN5O2/c12-7-2-3-9(18)8(6-7)10(11(13)19)15-4-1-5-16-17-14/h2-3,6,10,15,18H,1,4-5H2,(H2,13,19). The summed E-state index contributed by atoms with van der Waals surface area (Å²) in [5.41, 5.74) is 13.4. The molecule has 8 heteroatoms. The van der Waals surface area contributed by atoms with Crippen molar-refractivity contribution in [1.29, 1.82) is 0 Å². The number of benzene rings is 1. The van der Waals surface area contributed by atoms with Crippen LogP contribution in [0.3, 0.4) is 0 Å². The van der Waals surface area contributed by atoms with Gasteiger partial charge in [-0.3, -0.25) is 4.79 Å². The number of carbonyl (C=O) groups excluding carboxylic acids is 1. The van der Waals surface area contributed by atoms with Crippen LogP contribution in [-0.4, -0.2) is 24.1 Å². The number of aromatic hydroxyl groups is 1. The average Bonchev–Trinajstić information content (AvgIpc) is 2.37. The van der Waals surface area contributed by atoms with Crippen LogP contribution < -0.4 is 11.1 Å². The first-order chi connectivity index (χ1) is 9.06. The normalized spacial score (nSPS) is 11.6. The summed E-state index contributed by atoms with van der Waals surface area (Å²) in [4.78, 5) is 13.9. The van der Waals surface area contributed by atoms with Crippen LogP contribution in [0.2, 0.25) is 0 Å². The highest BCUT2D eigenvalue weighted by molar-refractivity contribution is 5.82. The average molecular weight is 267 g/mol. The summed E-state index contributed by atoms with van der Waals surface area (Å²) in [5, 5.41) is 15.7. The molecule has 102 valence electrons. The molecule has 1 aromatic rings. The van der Waals surface area contributed by atoms with E-state index in [0.29, 0.717) is 13.0 Å². The Hall–Kier alpha value is -2.31. The maximum Gasteiger partial charge on any atom is 0.239 e. The van der Waals surface area contributed by atoms with Crippen molar-refractivity contribution < 1.29 is 14.3 Å². The van der Waals surface area contributed by atoms with Crippen LogP contribution in [0.5, 0.6) is 5.75 Å². The number of nitrogens with one attached hydrogen (secondary N) is 1. The maximum absolute atomic E-state index is 13.1. The van der Waals surface area contributed by atoms with Gasteiger partial charge in [0, 0.05) is 17.0 Å². The molecule has 0 fully saturated rings. The Kier molecular flexibility index (Phi) is 5.59. The molecule has 0 aliphatic heterocycles. The number of halogens is 1. The summed E-state index contributed by atoms with van der Waals surface area (Å²) in [6, 6.07) is 2.29. The van der Waals surface area contributed by atoms with E-state index in [0.717, 1.165) is 18.2 Å². The first-order valence-corrected chi connectivity index (χ1v) is 5.58. The number of amides is 1. The van der Waals surface area contributed by atoms with Crippen molar-refractivity contribution in [2.45, 2.75) is 12.5 Å². The number of nitrogens with zero attached hydrogens (tertiary/aromatic N) is 3. The van der Waals surface area contributed by atoms with Crippen molar-refractivity contribution in [1.82, 2.24) is 5.32 Å².